The normalized spacial score (nSPS) is 15.0. The fourth-order valence-electron chi connectivity index (χ4n) is 2.82. The minimum Gasteiger partial charge on any atom is -0.351 e. The van der Waals surface area contributed by atoms with Gasteiger partial charge in [-0.15, -0.1) is 0 Å². The Hall–Kier alpha value is -2.50. The molecule has 1 aromatic carbocycles. The Morgan fingerprint density at radius 2 is 1.71 bits per heavy atom. The van der Waals surface area contributed by atoms with E-state index in [1.54, 1.807) is 11.0 Å². The minimum absolute atomic E-state index is 0.144. The molecule has 0 radical (unpaired) electrons. The lowest BCUT2D eigenvalue weighted by molar-refractivity contribution is 0.0756. The molecule has 6 heteroatoms. The van der Waals surface area contributed by atoms with Gasteiger partial charge in [0, 0.05) is 25.0 Å². The maximum absolute atomic E-state index is 13.7. The molecule has 1 fully saturated rings. The first-order valence-electron chi connectivity index (χ1n) is 8.11. The largest absolute Gasteiger partial charge is 0.351 e. The Labute approximate surface area is 139 Å². The summed E-state index contributed by atoms with van der Waals surface area (Å²) in [6, 6.07) is 6.76. The molecule has 2 aromatic rings. The van der Waals surface area contributed by atoms with Gasteiger partial charge in [-0.3, -0.25) is 9.78 Å². The van der Waals surface area contributed by atoms with Crippen LogP contribution in [0.3, 0.4) is 0 Å². The second-order valence-corrected chi connectivity index (χ2v) is 5.86. The number of hydrogen-bond donors (Lipinski definition) is 1. The van der Waals surface area contributed by atoms with Crippen LogP contribution in [0.2, 0.25) is 0 Å². The van der Waals surface area contributed by atoms with Crippen LogP contribution in [-0.4, -0.2) is 28.9 Å². The number of benzene rings is 1. The molecule has 126 valence electrons. The van der Waals surface area contributed by atoms with Crippen LogP contribution in [0.25, 0.3) is 0 Å². The predicted molar refractivity (Wildman–Crippen MR) is 88.2 cm³/mol. The fraction of sp³-hybridized carbons (Fsp3) is 0.333. The third kappa shape index (κ3) is 3.69. The van der Waals surface area contributed by atoms with E-state index in [2.05, 4.69) is 10.3 Å². The van der Waals surface area contributed by atoms with E-state index in [9.17, 15) is 13.6 Å². The van der Waals surface area contributed by atoms with E-state index in [4.69, 9.17) is 0 Å². The van der Waals surface area contributed by atoms with Crippen LogP contribution in [0.1, 0.15) is 36.2 Å². The van der Waals surface area contributed by atoms with Crippen molar-refractivity contribution in [3.8, 4) is 0 Å². The van der Waals surface area contributed by atoms with E-state index < -0.39 is 11.6 Å². The summed E-state index contributed by atoms with van der Waals surface area (Å²) >= 11 is 0. The van der Waals surface area contributed by atoms with Gasteiger partial charge in [-0.1, -0.05) is 18.9 Å². The molecule has 1 amide bonds. The number of likely N-dealkylation sites (tertiary alicyclic amines) is 1. The number of rotatable bonds is 3. The van der Waals surface area contributed by atoms with Crippen molar-refractivity contribution >= 4 is 17.3 Å². The van der Waals surface area contributed by atoms with Gasteiger partial charge in [-0.2, -0.15) is 0 Å². The zero-order valence-electron chi connectivity index (χ0n) is 13.3. The quantitative estimate of drug-likeness (QED) is 0.920. The van der Waals surface area contributed by atoms with Gasteiger partial charge >= 0.3 is 0 Å². The van der Waals surface area contributed by atoms with Gasteiger partial charge in [-0.25, -0.2) is 8.78 Å². The summed E-state index contributed by atoms with van der Waals surface area (Å²) in [6.07, 6.45) is 5.71. The van der Waals surface area contributed by atoms with Crippen molar-refractivity contribution < 1.29 is 13.6 Å². The first-order valence-corrected chi connectivity index (χ1v) is 8.11. The van der Waals surface area contributed by atoms with Gasteiger partial charge in [0.2, 0.25) is 0 Å². The van der Waals surface area contributed by atoms with Crippen LogP contribution in [0.15, 0.2) is 36.5 Å². The highest BCUT2D eigenvalue weighted by Gasteiger charge is 2.19. The molecule has 0 atom stereocenters. The molecule has 24 heavy (non-hydrogen) atoms. The van der Waals surface area contributed by atoms with Crippen LogP contribution in [0.5, 0.6) is 0 Å². The summed E-state index contributed by atoms with van der Waals surface area (Å²) in [7, 11) is 0. The number of hydrogen-bond acceptors (Lipinski definition) is 3. The standard InChI is InChI=1S/C18H19F2N3O/c19-14-6-5-7-15(20)17(14)22-13-8-9-21-16(12-13)18(24)23-10-3-1-2-4-11-23/h5-9,12H,1-4,10-11H2,(H,21,22). The Kier molecular flexibility index (Phi) is 5.03. The Morgan fingerprint density at radius 1 is 1.04 bits per heavy atom. The highest BCUT2D eigenvalue weighted by atomic mass is 19.1. The molecular formula is C18H19F2N3O. The van der Waals surface area contributed by atoms with Crippen molar-refractivity contribution in [3.05, 3.63) is 53.9 Å². The molecule has 0 bridgehead atoms. The summed E-state index contributed by atoms with van der Waals surface area (Å²) in [5.41, 5.74) is 0.461. The first kappa shape index (κ1) is 16.4. The number of aromatic nitrogens is 1. The molecule has 3 rings (SSSR count). The molecule has 2 heterocycles. The number of anilines is 2. The molecule has 1 saturated heterocycles. The monoisotopic (exact) mass is 331 g/mol. The third-order valence-corrected chi connectivity index (χ3v) is 4.10. The average Bonchev–Trinajstić information content (AvgIpc) is 2.87. The Balaban J connectivity index is 1.80. The number of halogens is 2. The van der Waals surface area contributed by atoms with Crippen LogP contribution in [0.4, 0.5) is 20.2 Å². The van der Waals surface area contributed by atoms with Crippen molar-refractivity contribution in [3.63, 3.8) is 0 Å². The maximum Gasteiger partial charge on any atom is 0.272 e. The molecule has 0 unspecified atom stereocenters. The second-order valence-electron chi connectivity index (χ2n) is 5.86. The van der Waals surface area contributed by atoms with Crippen LogP contribution >= 0.6 is 0 Å². The number of nitrogens with zero attached hydrogens (tertiary/aromatic N) is 2. The fourth-order valence-corrected chi connectivity index (χ4v) is 2.82. The van der Waals surface area contributed by atoms with Gasteiger partial charge < -0.3 is 10.2 Å². The lowest BCUT2D eigenvalue weighted by Crippen LogP contribution is -2.32. The van der Waals surface area contributed by atoms with E-state index in [-0.39, 0.29) is 17.3 Å². The molecule has 1 N–H and O–H groups in total. The SMILES string of the molecule is O=C(c1cc(Nc2c(F)cccc2F)ccn1)N1CCCCCC1. The van der Waals surface area contributed by atoms with E-state index in [0.29, 0.717) is 5.69 Å². The number of carbonyl (C=O) groups is 1. The van der Waals surface area contributed by atoms with E-state index in [1.165, 1.54) is 30.5 Å². The third-order valence-electron chi connectivity index (χ3n) is 4.10. The zero-order valence-corrected chi connectivity index (χ0v) is 13.3. The molecule has 0 saturated carbocycles. The van der Waals surface area contributed by atoms with Crippen molar-refractivity contribution in [2.75, 3.05) is 18.4 Å². The summed E-state index contributed by atoms with van der Waals surface area (Å²) in [5.74, 6) is -1.52. The molecule has 1 aliphatic rings. The minimum atomic E-state index is -0.688. The van der Waals surface area contributed by atoms with Crippen LogP contribution in [-0.2, 0) is 0 Å². The van der Waals surface area contributed by atoms with Gasteiger partial charge in [0.05, 0.1) is 0 Å². The summed E-state index contributed by atoms with van der Waals surface area (Å²) in [4.78, 5) is 18.5. The van der Waals surface area contributed by atoms with E-state index in [0.717, 1.165) is 38.8 Å². The highest BCUT2D eigenvalue weighted by molar-refractivity contribution is 5.93. The maximum atomic E-state index is 13.7. The van der Waals surface area contributed by atoms with Crippen LogP contribution < -0.4 is 5.32 Å². The number of amides is 1. The number of nitrogens with one attached hydrogen (secondary N) is 1. The van der Waals surface area contributed by atoms with Crippen molar-refractivity contribution in [1.29, 1.82) is 0 Å². The second kappa shape index (κ2) is 7.38. The molecular weight excluding hydrogens is 312 g/mol. The molecule has 0 spiro atoms. The Morgan fingerprint density at radius 3 is 2.38 bits per heavy atom. The summed E-state index contributed by atoms with van der Waals surface area (Å²) < 4.78 is 27.5. The van der Waals surface area contributed by atoms with Gasteiger partial charge in [-0.05, 0) is 37.1 Å². The van der Waals surface area contributed by atoms with E-state index in [1.807, 2.05) is 0 Å². The van der Waals surface area contributed by atoms with Gasteiger partial charge in [0.15, 0.2) is 0 Å². The average molecular weight is 331 g/mol. The number of para-hydroxylation sites is 1. The number of pyridine rings is 1. The predicted octanol–water partition coefficient (Wildman–Crippen LogP) is 4.12. The van der Waals surface area contributed by atoms with Gasteiger partial charge in [0.1, 0.15) is 23.0 Å². The molecule has 0 aliphatic carbocycles. The van der Waals surface area contributed by atoms with E-state index >= 15 is 0 Å². The molecule has 4 nitrogen and oxygen atoms in total. The van der Waals surface area contributed by atoms with Crippen molar-refractivity contribution in [2.45, 2.75) is 25.7 Å². The topological polar surface area (TPSA) is 45.2 Å². The number of carbonyl (C=O) groups excluding carboxylic acids is 1. The zero-order chi connectivity index (χ0) is 16.9. The summed E-state index contributed by atoms with van der Waals surface area (Å²) in [6.45, 7) is 1.44. The lowest BCUT2D eigenvalue weighted by Gasteiger charge is -2.20. The highest BCUT2D eigenvalue weighted by Crippen LogP contribution is 2.23. The van der Waals surface area contributed by atoms with Crippen molar-refractivity contribution in [2.24, 2.45) is 0 Å². The lowest BCUT2D eigenvalue weighted by atomic mass is 10.2. The van der Waals surface area contributed by atoms with Crippen LogP contribution in [0, 0.1) is 11.6 Å². The van der Waals surface area contributed by atoms with Crippen molar-refractivity contribution in [1.82, 2.24) is 9.88 Å². The smallest absolute Gasteiger partial charge is 0.272 e. The Bertz CT molecular complexity index is 708. The summed E-state index contributed by atoms with van der Waals surface area (Å²) in [5, 5.41) is 2.69. The van der Waals surface area contributed by atoms with Gasteiger partial charge in [0.25, 0.3) is 5.91 Å². The molecule has 1 aliphatic heterocycles. The molecule has 1 aromatic heterocycles. The first-order chi connectivity index (χ1) is 11.6.